The van der Waals surface area contributed by atoms with E-state index in [-0.39, 0.29) is 24.7 Å². The number of hydrogen-bond donors (Lipinski definition) is 0. The van der Waals surface area contributed by atoms with Crippen LogP contribution in [0.5, 0.6) is 0 Å². The summed E-state index contributed by atoms with van der Waals surface area (Å²) in [6.45, 7) is 0.141. The second kappa shape index (κ2) is 6.19. The van der Waals surface area contributed by atoms with E-state index in [1.165, 1.54) is 0 Å². The van der Waals surface area contributed by atoms with Crippen LogP contribution in [-0.2, 0) is 9.53 Å². The molecule has 0 spiro atoms. The quantitative estimate of drug-likeness (QED) is 0.334. The fourth-order valence-electron chi connectivity index (χ4n) is 1.06. The molecule has 0 bridgehead atoms. The van der Waals surface area contributed by atoms with E-state index in [1.54, 1.807) is 24.3 Å². The molecule has 0 aliphatic carbocycles. The highest BCUT2D eigenvalue weighted by Crippen LogP contribution is 2.03. The molecule has 0 aliphatic rings. The van der Waals surface area contributed by atoms with Gasteiger partial charge in [-0.25, -0.2) is 0 Å². The Kier molecular flexibility index (Phi) is 4.84. The number of esters is 1. The minimum absolute atomic E-state index is 0.141. The predicted octanol–water partition coefficient (Wildman–Crippen LogP) is 2.04. The lowest BCUT2D eigenvalue weighted by Gasteiger charge is -2.01. The van der Waals surface area contributed by atoms with E-state index in [0.29, 0.717) is 5.56 Å². The number of carbonyl (C=O) groups excluding carboxylic acids is 2. The molecule has 0 radical (unpaired) electrons. The van der Waals surface area contributed by atoms with Gasteiger partial charge in [-0.15, -0.1) is 11.6 Å². The van der Waals surface area contributed by atoms with Gasteiger partial charge in [-0.05, 0) is 0 Å². The average molecular weight is 227 g/mol. The van der Waals surface area contributed by atoms with Crippen molar-refractivity contribution in [1.82, 2.24) is 0 Å². The summed E-state index contributed by atoms with van der Waals surface area (Å²) >= 11 is 5.34. The normalized spacial score (nSPS) is 9.67. The van der Waals surface area contributed by atoms with Crippen LogP contribution in [0.2, 0.25) is 0 Å². The molecule has 15 heavy (non-hydrogen) atoms. The average Bonchev–Trinajstić information content (AvgIpc) is 2.27. The first-order valence-corrected chi connectivity index (χ1v) is 5.07. The number of ether oxygens (including phenoxy) is 1. The van der Waals surface area contributed by atoms with E-state index < -0.39 is 5.97 Å². The molecule has 1 aromatic carbocycles. The molecule has 80 valence electrons. The number of rotatable bonds is 5. The second-order valence-corrected chi connectivity index (χ2v) is 3.25. The zero-order valence-electron chi connectivity index (χ0n) is 8.11. The standard InChI is InChI=1S/C11H11ClO3/c12-6-7-15-11(14)8-10(13)9-4-2-1-3-5-9/h1-5H,6-8H2. The highest BCUT2D eigenvalue weighted by Gasteiger charge is 2.11. The van der Waals surface area contributed by atoms with Gasteiger partial charge in [0.15, 0.2) is 5.78 Å². The molecule has 3 nitrogen and oxygen atoms in total. The van der Waals surface area contributed by atoms with E-state index >= 15 is 0 Å². The maximum Gasteiger partial charge on any atom is 0.313 e. The van der Waals surface area contributed by atoms with E-state index in [2.05, 4.69) is 0 Å². The number of hydrogen-bond acceptors (Lipinski definition) is 3. The Labute approximate surface area is 93.0 Å². The summed E-state index contributed by atoms with van der Waals surface area (Å²) in [5, 5.41) is 0. The highest BCUT2D eigenvalue weighted by atomic mass is 35.5. The number of benzene rings is 1. The van der Waals surface area contributed by atoms with Gasteiger partial charge in [-0.3, -0.25) is 9.59 Å². The Bertz CT molecular complexity index is 335. The van der Waals surface area contributed by atoms with Gasteiger partial charge in [0.05, 0.1) is 5.88 Å². The summed E-state index contributed by atoms with van der Waals surface area (Å²) in [7, 11) is 0. The predicted molar refractivity (Wildman–Crippen MR) is 57.1 cm³/mol. The van der Waals surface area contributed by atoms with Gasteiger partial charge in [0, 0.05) is 5.56 Å². The van der Waals surface area contributed by atoms with Gasteiger partial charge < -0.3 is 4.74 Å². The molecule has 0 heterocycles. The molecular formula is C11H11ClO3. The molecule has 4 heteroatoms. The Balaban J connectivity index is 2.46. The SMILES string of the molecule is O=C(CC(=O)c1ccccc1)OCCCl. The molecule has 0 aromatic heterocycles. The lowest BCUT2D eigenvalue weighted by molar-refractivity contribution is -0.141. The number of carbonyl (C=O) groups is 2. The fraction of sp³-hybridized carbons (Fsp3) is 0.273. The summed E-state index contributed by atoms with van der Waals surface area (Å²) in [4.78, 5) is 22.6. The van der Waals surface area contributed by atoms with Crippen molar-refractivity contribution in [3.8, 4) is 0 Å². The Hall–Kier alpha value is -1.35. The molecule has 0 atom stereocenters. The summed E-state index contributed by atoms with van der Waals surface area (Å²) in [6, 6.07) is 8.63. The van der Waals surface area contributed by atoms with Crippen LogP contribution < -0.4 is 0 Å². The van der Waals surface area contributed by atoms with Crippen molar-refractivity contribution in [2.45, 2.75) is 6.42 Å². The van der Waals surface area contributed by atoms with Gasteiger partial charge >= 0.3 is 5.97 Å². The van der Waals surface area contributed by atoms with Gasteiger partial charge in [0.2, 0.25) is 0 Å². The van der Waals surface area contributed by atoms with Crippen molar-refractivity contribution in [2.24, 2.45) is 0 Å². The summed E-state index contributed by atoms with van der Waals surface area (Å²) in [5.41, 5.74) is 0.514. The molecule has 1 rings (SSSR count). The van der Waals surface area contributed by atoms with Crippen LogP contribution in [-0.4, -0.2) is 24.2 Å². The van der Waals surface area contributed by atoms with E-state index in [4.69, 9.17) is 16.3 Å². The first-order chi connectivity index (χ1) is 7.24. The van der Waals surface area contributed by atoms with Gasteiger partial charge in [-0.1, -0.05) is 30.3 Å². The summed E-state index contributed by atoms with van der Waals surface area (Å²) < 4.78 is 4.69. The lowest BCUT2D eigenvalue weighted by atomic mass is 10.1. The number of Topliss-reactive ketones (excluding diaryl/α,β-unsaturated/α-hetero) is 1. The zero-order chi connectivity index (χ0) is 11.1. The Morgan fingerprint density at radius 3 is 2.47 bits per heavy atom. The van der Waals surface area contributed by atoms with Crippen LogP contribution in [0.3, 0.4) is 0 Å². The van der Waals surface area contributed by atoms with Crippen molar-refractivity contribution in [3.05, 3.63) is 35.9 Å². The molecule has 0 amide bonds. The number of alkyl halides is 1. The molecule has 0 unspecified atom stereocenters. The molecule has 0 saturated carbocycles. The Morgan fingerprint density at radius 2 is 1.87 bits per heavy atom. The van der Waals surface area contributed by atoms with E-state index in [1.807, 2.05) is 6.07 Å². The topological polar surface area (TPSA) is 43.4 Å². The van der Waals surface area contributed by atoms with Crippen LogP contribution in [0.15, 0.2) is 30.3 Å². The molecule has 0 N–H and O–H groups in total. The second-order valence-electron chi connectivity index (χ2n) is 2.88. The first kappa shape index (κ1) is 11.7. The summed E-state index contributed by atoms with van der Waals surface area (Å²) in [5.74, 6) is -0.537. The van der Waals surface area contributed by atoms with Crippen LogP contribution in [0, 0.1) is 0 Å². The first-order valence-electron chi connectivity index (χ1n) is 4.54. The molecular weight excluding hydrogens is 216 g/mol. The largest absolute Gasteiger partial charge is 0.464 e. The van der Waals surface area contributed by atoms with Crippen molar-refractivity contribution in [3.63, 3.8) is 0 Å². The highest BCUT2D eigenvalue weighted by molar-refractivity contribution is 6.18. The van der Waals surface area contributed by atoms with E-state index in [9.17, 15) is 9.59 Å². The monoisotopic (exact) mass is 226 g/mol. The van der Waals surface area contributed by atoms with Crippen LogP contribution >= 0.6 is 11.6 Å². The Morgan fingerprint density at radius 1 is 1.20 bits per heavy atom. The van der Waals surface area contributed by atoms with Crippen LogP contribution in [0.25, 0.3) is 0 Å². The molecule has 1 aromatic rings. The van der Waals surface area contributed by atoms with Crippen LogP contribution in [0.1, 0.15) is 16.8 Å². The van der Waals surface area contributed by atoms with Gasteiger partial charge in [-0.2, -0.15) is 0 Å². The van der Waals surface area contributed by atoms with Crippen molar-refractivity contribution >= 4 is 23.4 Å². The molecule has 0 fully saturated rings. The van der Waals surface area contributed by atoms with Crippen molar-refractivity contribution in [1.29, 1.82) is 0 Å². The maximum atomic E-state index is 11.5. The van der Waals surface area contributed by atoms with Crippen molar-refractivity contribution < 1.29 is 14.3 Å². The minimum Gasteiger partial charge on any atom is -0.464 e. The van der Waals surface area contributed by atoms with Gasteiger partial charge in [0.25, 0.3) is 0 Å². The third-order valence-electron chi connectivity index (χ3n) is 1.74. The smallest absolute Gasteiger partial charge is 0.313 e. The van der Waals surface area contributed by atoms with Crippen molar-refractivity contribution in [2.75, 3.05) is 12.5 Å². The molecule has 0 saturated heterocycles. The molecule has 0 aliphatic heterocycles. The van der Waals surface area contributed by atoms with Gasteiger partial charge in [0.1, 0.15) is 13.0 Å². The maximum absolute atomic E-state index is 11.5. The fourth-order valence-corrected chi connectivity index (χ4v) is 1.14. The zero-order valence-corrected chi connectivity index (χ0v) is 8.87. The minimum atomic E-state index is -0.537. The third kappa shape index (κ3) is 4.13. The van der Waals surface area contributed by atoms with Crippen LogP contribution in [0.4, 0.5) is 0 Å². The van der Waals surface area contributed by atoms with E-state index in [0.717, 1.165) is 0 Å². The third-order valence-corrected chi connectivity index (χ3v) is 1.90. The summed E-state index contributed by atoms with van der Waals surface area (Å²) in [6.07, 6.45) is -0.235. The number of ketones is 1. The number of halogens is 1. The lowest BCUT2D eigenvalue weighted by Crippen LogP contribution is -2.12.